The molecule has 1 aromatic carbocycles. The van der Waals surface area contributed by atoms with Crippen LogP contribution >= 0.6 is 0 Å². The second-order valence-corrected chi connectivity index (χ2v) is 3.93. The molecule has 0 saturated carbocycles. The lowest BCUT2D eigenvalue weighted by Crippen LogP contribution is -1.98. The summed E-state index contributed by atoms with van der Waals surface area (Å²) >= 11 is 0. The predicted octanol–water partition coefficient (Wildman–Crippen LogP) is 3.25. The van der Waals surface area contributed by atoms with Crippen molar-refractivity contribution < 1.29 is 9.84 Å². The SMILES string of the molecule is C=C(C)/C=C\C(=C)COc1ccc(CO)cc1. The van der Waals surface area contributed by atoms with Gasteiger partial charge in [-0.15, -0.1) is 0 Å². The first-order valence-corrected chi connectivity index (χ1v) is 5.46. The number of aliphatic hydroxyl groups excluding tert-OH is 1. The van der Waals surface area contributed by atoms with Crippen LogP contribution in [-0.4, -0.2) is 11.7 Å². The van der Waals surface area contributed by atoms with Gasteiger partial charge in [-0.3, -0.25) is 0 Å². The largest absolute Gasteiger partial charge is 0.489 e. The van der Waals surface area contributed by atoms with Crippen LogP contribution in [0.5, 0.6) is 5.75 Å². The highest BCUT2D eigenvalue weighted by Gasteiger charge is 1.95. The fourth-order valence-electron chi connectivity index (χ4n) is 1.18. The fraction of sp³-hybridized carbons (Fsp3) is 0.200. The highest BCUT2D eigenvalue weighted by molar-refractivity contribution is 5.28. The van der Waals surface area contributed by atoms with E-state index in [-0.39, 0.29) is 6.61 Å². The van der Waals surface area contributed by atoms with Crippen LogP contribution in [0, 0.1) is 0 Å². The molecule has 0 aliphatic carbocycles. The van der Waals surface area contributed by atoms with E-state index in [0.717, 1.165) is 22.5 Å². The lowest BCUT2D eigenvalue weighted by Gasteiger charge is -2.06. The van der Waals surface area contributed by atoms with Crippen LogP contribution in [0.4, 0.5) is 0 Å². The quantitative estimate of drug-likeness (QED) is 0.760. The van der Waals surface area contributed by atoms with Crippen molar-refractivity contribution >= 4 is 0 Å². The van der Waals surface area contributed by atoms with Gasteiger partial charge >= 0.3 is 0 Å². The van der Waals surface area contributed by atoms with Crippen molar-refractivity contribution in [3.63, 3.8) is 0 Å². The van der Waals surface area contributed by atoms with E-state index in [0.29, 0.717) is 6.61 Å². The van der Waals surface area contributed by atoms with E-state index in [1.54, 1.807) is 0 Å². The van der Waals surface area contributed by atoms with Gasteiger partial charge in [0.05, 0.1) is 6.61 Å². The van der Waals surface area contributed by atoms with Crippen molar-refractivity contribution in [3.8, 4) is 5.75 Å². The molecule has 2 heteroatoms. The van der Waals surface area contributed by atoms with Gasteiger partial charge in [0.2, 0.25) is 0 Å². The van der Waals surface area contributed by atoms with E-state index in [9.17, 15) is 0 Å². The van der Waals surface area contributed by atoms with E-state index >= 15 is 0 Å². The first kappa shape index (κ1) is 13.3. The van der Waals surface area contributed by atoms with Crippen molar-refractivity contribution in [2.75, 3.05) is 6.61 Å². The van der Waals surface area contributed by atoms with Crippen molar-refractivity contribution in [1.29, 1.82) is 0 Å². The molecule has 0 atom stereocenters. The number of rotatable bonds is 6. The topological polar surface area (TPSA) is 29.5 Å². The Kier molecular flexibility index (Phi) is 5.24. The summed E-state index contributed by atoms with van der Waals surface area (Å²) in [6.07, 6.45) is 3.80. The Balaban J connectivity index is 2.44. The molecule has 0 aromatic heterocycles. The van der Waals surface area contributed by atoms with Crippen LogP contribution in [0.2, 0.25) is 0 Å². The van der Waals surface area contributed by atoms with Crippen molar-refractivity contribution in [1.82, 2.24) is 0 Å². The summed E-state index contributed by atoms with van der Waals surface area (Å²) in [7, 11) is 0. The smallest absolute Gasteiger partial charge is 0.119 e. The van der Waals surface area contributed by atoms with Gasteiger partial charge in [-0.1, -0.05) is 43.0 Å². The summed E-state index contributed by atoms with van der Waals surface area (Å²) in [5.74, 6) is 0.770. The maximum absolute atomic E-state index is 8.90. The summed E-state index contributed by atoms with van der Waals surface area (Å²) in [4.78, 5) is 0. The molecule has 0 unspecified atom stereocenters. The minimum atomic E-state index is 0.0499. The zero-order valence-electron chi connectivity index (χ0n) is 10.1. The molecule has 0 spiro atoms. The van der Waals surface area contributed by atoms with Crippen LogP contribution in [0.25, 0.3) is 0 Å². The molecule has 1 N–H and O–H groups in total. The van der Waals surface area contributed by atoms with Crippen molar-refractivity contribution in [2.24, 2.45) is 0 Å². The summed E-state index contributed by atoms with van der Waals surface area (Å²) in [6, 6.07) is 7.34. The summed E-state index contributed by atoms with van der Waals surface area (Å²) < 4.78 is 5.54. The molecule has 2 nitrogen and oxygen atoms in total. The van der Waals surface area contributed by atoms with Crippen molar-refractivity contribution in [3.05, 3.63) is 66.3 Å². The van der Waals surface area contributed by atoms with Gasteiger partial charge in [-0.05, 0) is 30.2 Å². The van der Waals surface area contributed by atoms with Crippen LogP contribution in [-0.2, 0) is 6.61 Å². The van der Waals surface area contributed by atoms with E-state index in [2.05, 4.69) is 13.2 Å². The number of hydrogen-bond acceptors (Lipinski definition) is 2. The normalized spacial score (nSPS) is 10.5. The predicted molar refractivity (Wildman–Crippen MR) is 71.0 cm³/mol. The van der Waals surface area contributed by atoms with Gasteiger partial charge in [0.15, 0.2) is 0 Å². The highest BCUT2D eigenvalue weighted by Crippen LogP contribution is 2.13. The van der Waals surface area contributed by atoms with E-state index in [1.165, 1.54) is 0 Å². The van der Waals surface area contributed by atoms with E-state index in [4.69, 9.17) is 9.84 Å². The number of aliphatic hydroxyl groups is 1. The van der Waals surface area contributed by atoms with Crippen LogP contribution in [0.3, 0.4) is 0 Å². The molecule has 0 bridgehead atoms. The van der Waals surface area contributed by atoms with E-state index in [1.807, 2.05) is 43.3 Å². The molecule has 1 rings (SSSR count). The molecule has 0 fully saturated rings. The molecular formula is C15H18O2. The van der Waals surface area contributed by atoms with Crippen LogP contribution < -0.4 is 4.74 Å². The van der Waals surface area contributed by atoms with Gasteiger partial charge in [-0.2, -0.15) is 0 Å². The third-order valence-corrected chi connectivity index (χ3v) is 2.13. The number of allylic oxidation sites excluding steroid dienone is 2. The first-order chi connectivity index (χ1) is 8.11. The Hall–Kier alpha value is -1.80. The second-order valence-electron chi connectivity index (χ2n) is 3.93. The minimum absolute atomic E-state index is 0.0499. The van der Waals surface area contributed by atoms with E-state index < -0.39 is 0 Å². The van der Waals surface area contributed by atoms with Crippen LogP contribution in [0.1, 0.15) is 12.5 Å². The van der Waals surface area contributed by atoms with Gasteiger partial charge < -0.3 is 9.84 Å². The average Bonchev–Trinajstić information content (AvgIpc) is 2.34. The molecular weight excluding hydrogens is 212 g/mol. The monoisotopic (exact) mass is 230 g/mol. The van der Waals surface area contributed by atoms with Gasteiger partial charge in [0.1, 0.15) is 12.4 Å². The molecule has 90 valence electrons. The third-order valence-electron chi connectivity index (χ3n) is 2.13. The minimum Gasteiger partial charge on any atom is -0.489 e. The van der Waals surface area contributed by atoms with Gasteiger partial charge in [-0.25, -0.2) is 0 Å². The summed E-state index contributed by atoms with van der Waals surface area (Å²) in [5, 5.41) is 8.90. The maximum Gasteiger partial charge on any atom is 0.119 e. The zero-order valence-corrected chi connectivity index (χ0v) is 10.1. The Morgan fingerprint density at radius 2 is 1.88 bits per heavy atom. The lowest BCUT2D eigenvalue weighted by molar-refractivity contribution is 0.281. The molecule has 17 heavy (non-hydrogen) atoms. The second kappa shape index (κ2) is 6.71. The summed E-state index contributed by atoms with van der Waals surface area (Å²) in [5.41, 5.74) is 2.75. The average molecular weight is 230 g/mol. The maximum atomic E-state index is 8.90. The lowest BCUT2D eigenvalue weighted by atomic mass is 10.2. The van der Waals surface area contributed by atoms with Crippen LogP contribution in [0.15, 0.2) is 60.7 Å². The fourth-order valence-corrected chi connectivity index (χ4v) is 1.18. The number of hydrogen-bond donors (Lipinski definition) is 1. The molecule has 0 amide bonds. The molecule has 0 saturated heterocycles. The molecule has 0 heterocycles. The Bertz CT molecular complexity index is 413. The molecule has 1 aromatic rings. The molecule has 0 radical (unpaired) electrons. The zero-order chi connectivity index (χ0) is 12.7. The third kappa shape index (κ3) is 5.18. The highest BCUT2D eigenvalue weighted by atomic mass is 16.5. The Morgan fingerprint density at radius 3 is 2.41 bits per heavy atom. The number of ether oxygens (including phenoxy) is 1. The molecule has 0 aliphatic rings. The van der Waals surface area contributed by atoms with Crippen molar-refractivity contribution in [2.45, 2.75) is 13.5 Å². The Labute approximate surface area is 103 Å². The number of benzene rings is 1. The Morgan fingerprint density at radius 1 is 1.24 bits per heavy atom. The van der Waals surface area contributed by atoms with Gasteiger partial charge in [0, 0.05) is 0 Å². The molecule has 0 aliphatic heterocycles. The summed E-state index contributed by atoms with van der Waals surface area (Å²) in [6.45, 7) is 10.1. The van der Waals surface area contributed by atoms with Gasteiger partial charge in [0.25, 0.3) is 0 Å². The first-order valence-electron chi connectivity index (χ1n) is 5.46. The standard InChI is InChI=1S/C15H18O2/c1-12(2)4-5-13(3)11-17-15-8-6-14(10-16)7-9-15/h4-9,16H,1,3,10-11H2,2H3/b5-4-.